The fourth-order valence-electron chi connectivity index (χ4n) is 6.75. The van der Waals surface area contributed by atoms with Gasteiger partial charge in [0.2, 0.25) is 0 Å². The van der Waals surface area contributed by atoms with E-state index in [1.54, 1.807) is 0 Å². The Hall–Kier alpha value is 2.82. The maximum absolute atomic E-state index is 2.53. The molecule has 0 aliphatic carbocycles. The molecule has 0 nitrogen and oxygen atoms in total. The summed E-state index contributed by atoms with van der Waals surface area (Å²) in [6.07, 6.45) is 0. The normalized spacial score (nSPS) is 14.7. The fraction of sp³-hybridized carbons (Fsp3) is 0.900. The van der Waals surface area contributed by atoms with E-state index in [2.05, 4.69) is 127 Å². The Morgan fingerprint density at radius 1 is 0.259 bits per heavy atom. The topological polar surface area (TPSA) is 0 Å². The zero-order valence-electron chi connectivity index (χ0n) is 22.3. The van der Waals surface area contributed by atoms with Crippen molar-refractivity contribution in [1.82, 2.24) is 0 Å². The van der Waals surface area contributed by atoms with Gasteiger partial charge in [0.25, 0.3) is 0 Å². The minimum absolute atomic E-state index is 0. The van der Waals surface area contributed by atoms with E-state index in [4.69, 9.17) is 0 Å². The molecule has 0 rings (SSSR count). The predicted molar refractivity (Wildman–Crippen MR) is 147 cm³/mol. The quantitative estimate of drug-likeness (QED) is 0.203. The van der Waals surface area contributed by atoms with Crippen molar-refractivity contribution >= 4 is 48.4 Å². The van der Waals surface area contributed by atoms with E-state index < -0.39 is 48.4 Å². The van der Waals surface area contributed by atoms with Crippen molar-refractivity contribution in [2.45, 2.75) is 118 Å². The molecule has 0 amide bonds. The first kappa shape index (κ1) is 34.4. The van der Waals surface area contributed by atoms with Gasteiger partial charge in [0.15, 0.2) is 0 Å². The molecule has 0 atom stereocenters. The monoisotopic (exact) mass is 636 g/mol. The van der Waals surface area contributed by atoms with Crippen molar-refractivity contribution in [3.05, 3.63) is 9.58 Å². The smallest absolute Gasteiger partial charge is 0.311 e. The van der Waals surface area contributed by atoms with Gasteiger partial charge in [-0.25, -0.2) is 0 Å². The summed E-state index contributed by atoms with van der Waals surface area (Å²) >= 11 is 0. The predicted octanol–water partition coefficient (Wildman–Crippen LogP) is 8.39. The first-order valence-electron chi connectivity index (χ1n) is 10.5. The van der Waals surface area contributed by atoms with Gasteiger partial charge in [-0.15, -0.1) is 48.4 Å². The van der Waals surface area contributed by atoms with E-state index in [0.29, 0.717) is 0 Å². The summed E-state index contributed by atoms with van der Waals surface area (Å²) in [7, 11) is -6.10. The minimum atomic E-state index is -1.02. The second kappa shape index (κ2) is 11.1. The van der Waals surface area contributed by atoms with Crippen molar-refractivity contribution < 1.29 is 46.9 Å². The molecule has 0 fully saturated rings. The number of rotatable bonds is 6. The summed E-state index contributed by atoms with van der Waals surface area (Å²) in [5.41, 5.74) is 0. The second-order valence-electron chi connectivity index (χ2n) is 14.2. The van der Waals surface area contributed by atoms with Crippen LogP contribution in [0.25, 0.3) is 0 Å². The molecular formula is C20H54Si6Yb. The van der Waals surface area contributed by atoms with Crippen LogP contribution in [0.1, 0.15) is 0 Å². The van der Waals surface area contributed by atoms with Crippen molar-refractivity contribution in [2.75, 3.05) is 0 Å². The molecule has 0 N–H and O–H groups in total. The molecule has 0 aromatic heterocycles. The molecule has 7 heteroatoms. The Morgan fingerprint density at radius 2 is 0.333 bits per heavy atom. The third kappa shape index (κ3) is 13.8. The fourth-order valence-corrected chi connectivity index (χ4v) is 60.8. The zero-order chi connectivity index (χ0) is 22.2. The molecular weight excluding hydrogens is 582 g/mol. The number of hydrogen-bond donors (Lipinski definition) is 0. The molecule has 0 bridgehead atoms. The zero-order valence-corrected chi connectivity index (χ0v) is 30.0. The van der Waals surface area contributed by atoms with Crippen LogP contribution in [0.15, 0.2) is 0 Å². The van der Waals surface area contributed by atoms with Crippen molar-refractivity contribution in [1.29, 1.82) is 0 Å². The Morgan fingerprint density at radius 3 is 0.333 bits per heavy atom. The first-order chi connectivity index (χ1) is 10.7. The van der Waals surface area contributed by atoms with E-state index in [1.807, 2.05) is 0 Å². The van der Waals surface area contributed by atoms with Crippen LogP contribution in [0.3, 0.4) is 0 Å². The minimum Gasteiger partial charge on any atom is -0.311 e. The Balaban J connectivity index is -0.000000411. The molecule has 0 heterocycles. The van der Waals surface area contributed by atoms with Gasteiger partial charge in [0.1, 0.15) is 0 Å². The van der Waals surface area contributed by atoms with Gasteiger partial charge in [-0.2, -0.15) is 0 Å². The first-order valence-corrected chi connectivity index (χ1v) is 31.5. The van der Waals surface area contributed by atoms with E-state index in [9.17, 15) is 0 Å². The van der Waals surface area contributed by atoms with E-state index in [1.165, 1.54) is 0 Å². The van der Waals surface area contributed by atoms with Crippen LogP contribution < -0.4 is 0 Å². The Kier molecular flexibility index (Phi) is 14.2. The van der Waals surface area contributed by atoms with Crippen LogP contribution in [0.4, 0.5) is 0 Å². The molecule has 0 spiro atoms. The number of hydrogen-bond acceptors (Lipinski definition) is 0. The van der Waals surface area contributed by atoms with E-state index in [-0.39, 0.29) is 46.9 Å². The SMILES string of the molecule is C[Si](C)(C)[C-]([Si](C)(C)C)[Si](C)(C)C.C[Si](C)(C)[C-]([Si](C)(C)C)[Si](C)(C)C.[Yb+2]. The molecule has 0 aliphatic heterocycles. The van der Waals surface area contributed by atoms with Gasteiger partial charge in [0.05, 0.1) is 0 Å². The summed E-state index contributed by atoms with van der Waals surface area (Å²) in [5, 5.41) is 0. The van der Waals surface area contributed by atoms with Crippen molar-refractivity contribution in [3.8, 4) is 0 Å². The van der Waals surface area contributed by atoms with Crippen LogP contribution in [-0.4, -0.2) is 48.4 Å². The van der Waals surface area contributed by atoms with E-state index >= 15 is 0 Å². The molecule has 0 unspecified atom stereocenters. The summed E-state index contributed by atoms with van der Waals surface area (Å²) in [6, 6.07) is 0. The van der Waals surface area contributed by atoms with Crippen LogP contribution in [0.5, 0.6) is 0 Å². The molecule has 0 aromatic carbocycles. The van der Waals surface area contributed by atoms with Crippen molar-refractivity contribution in [2.24, 2.45) is 0 Å². The van der Waals surface area contributed by atoms with Crippen LogP contribution >= 0.6 is 0 Å². The average molecular weight is 636 g/mol. The van der Waals surface area contributed by atoms with Crippen LogP contribution in [0, 0.1) is 56.5 Å². The second-order valence-corrected chi connectivity index (χ2v) is 47.2. The molecule has 172 valence electrons. The standard InChI is InChI=1S/2C10H27Si3.Yb/c2*1-11(2,3)10(12(4,5)6)13(7,8)9;/h2*1-9H3;/q2*-1;+2. The summed E-state index contributed by atoms with van der Waals surface area (Å²) in [4.78, 5) is 4.12. The maximum atomic E-state index is 2.53. The molecule has 0 aliphatic rings. The third-order valence-corrected chi connectivity index (χ3v) is 40.5. The van der Waals surface area contributed by atoms with Gasteiger partial charge in [-0.3, -0.25) is 0 Å². The van der Waals surface area contributed by atoms with E-state index in [0.717, 1.165) is 0 Å². The van der Waals surface area contributed by atoms with Crippen LogP contribution in [0.2, 0.25) is 118 Å². The Bertz CT molecular complexity index is 314. The van der Waals surface area contributed by atoms with Gasteiger partial charge in [-0.1, -0.05) is 118 Å². The molecule has 27 heavy (non-hydrogen) atoms. The third-order valence-electron chi connectivity index (χ3n) is 4.50. The largest absolute Gasteiger partial charge is 2.00 e. The average Bonchev–Trinajstić information content (AvgIpc) is 1.97. The van der Waals surface area contributed by atoms with Gasteiger partial charge in [-0.05, 0) is 0 Å². The molecule has 0 saturated carbocycles. The summed E-state index contributed by atoms with van der Waals surface area (Å²) in [5.74, 6) is 0. The summed E-state index contributed by atoms with van der Waals surface area (Å²) < 4.78 is 0. The Labute approximate surface area is 220 Å². The van der Waals surface area contributed by atoms with Gasteiger partial charge < -0.3 is 9.58 Å². The van der Waals surface area contributed by atoms with Gasteiger partial charge >= 0.3 is 46.9 Å². The molecule has 0 saturated heterocycles. The maximum Gasteiger partial charge on any atom is 2.00 e. The van der Waals surface area contributed by atoms with Gasteiger partial charge in [0, 0.05) is 0 Å². The summed E-state index contributed by atoms with van der Waals surface area (Å²) in [6.45, 7) is 45.5. The van der Waals surface area contributed by atoms with Crippen molar-refractivity contribution in [3.63, 3.8) is 0 Å². The molecule has 0 radical (unpaired) electrons. The van der Waals surface area contributed by atoms with Crippen LogP contribution in [-0.2, 0) is 0 Å². The molecule has 0 aromatic rings.